The van der Waals surface area contributed by atoms with Gasteiger partial charge in [-0.05, 0) is 56.8 Å². The highest BCUT2D eigenvalue weighted by atomic mass is 127. The number of para-hydroxylation sites is 1. The first kappa shape index (κ1) is 21.3. The van der Waals surface area contributed by atoms with Crippen molar-refractivity contribution >= 4 is 35.6 Å². The van der Waals surface area contributed by atoms with E-state index in [0.717, 1.165) is 26.2 Å². The minimum Gasteiger partial charge on any atom is -0.371 e. The molecule has 0 bridgehead atoms. The molecule has 0 aliphatic carbocycles. The molecule has 0 spiro atoms. The molecule has 2 saturated heterocycles. The van der Waals surface area contributed by atoms with Crippen molar-refractivity contribution in [2.45, 2.75) is 51.6 Å². The van der Waals surface area contributed by atoms with Gasteiger partial charge in [0.15, 0.2) is 5.96 Å². The number of nitrogens with one attached hydrogen (secondary N) is 1. The second-order valence-corrected chi connectivity index (χ2v) is 7.18. The summed E-state index contributed by atoms with van der Waals surface area (Å²) in [6.45, 7) is 8.42. The molecule has 2 fully saturated rings. The molecule has 1 atom stereocenters. The van der Waals surface area contributed by atoms with Gasteiger partial charge in [-0.2, -0.15) is 0 Å². The molecule has 2 aliphatic heterocycles. The zero-order valence-electron chi connectivity index (χ0n) is 16.0. The zero-order valence-corrected chi connectivity index (χ0v) is 18.3. The van der Waals surface area contributed by atoms with Crippen molar-refractivity contribution in [1.82, 2.24) is 10.2 Å². The summed E-state index contributed by atoms with van der Waals surface area (Å²) in [4.78, 5) is 9.62. The van der Waals surface area contributed by atoms with E-state index in [1.54, 1.807) is 0 Å². The Bertz CT molecular complexity index is 571. The summed E-state index contributed by atoms with van der Waals surface area (Å²) < 4.78 is 0. The number of nitrogens with zero attached hydrogens (tertiary/aromatic N) is 3. The van der Waals surface area contributed by atoms with Gasteiger partial charge in [-0.3, -0.25) is 4.90 Å². The molecule has 1 aromatic rings. The SMILES string of the molecule is CCN1CCCC1CNC(N)=NCc1ccccc1N1CCCCC1.I. The van der Waals surface area contributed by atoms with Crippen LogP contribution in [0.3, 0.4) is 0 Å². The molecule has 146 valence electrons. The lowest BCUT2D eigenvalue weighted by Gasteiger charge is -2.30. The molecule has 6 heteroatoms. The highest BCUT2D eigenvalue weighted by Crippen LogP contribution is 2.24. The highest BCUT2D eigenvalue weighted by molar-refractivity contribution is 14.0. The number of likely N-dealkylation sites (tertiary alicyclic amines) is 1. The van der Waals surface area contributed by atoms with Gasteiger partial charge in [0.25, 0.3) is 0 Å². The second kappa shape index (κ2) is 11.0. The van der Waals surface area contributed by atoms with E-state index in [-0.39, 0.29) is 24.0 Å². The lowest BCUT2D eigenvalue weighted by Crippen LogP contribution is -2.42. The van der Waals surface area contributed by atoms with Crippen LogP contribution >= 0.6 is 24.0 Å². The molecular weight excluding hydrogens is 437 g/mol. The standard InChI is InChI=1S/C20H33N5.HI/c1-2-24-14-8-10-18(24)16-23-20(21)22-15-17-9-4-5-11-19(17)25-12-6-3-7-13-25;/h4-5,9,11,18H,2-3,6-8,10,12-16H2,1H3,(H3,21,22,23);1H. The molecule has 5 nitrogen and oxygen atoms in total. The van der Waals surface area contributed by atoms with Crippen LogP contribution in [0.1, 0.15) is 44.6 Å². The Morgan fingerprint density at radius 3 is 2.69 bits per heavy atom. The Kier molecular flexibility index (Phi) is 8.98. The quantitative estimate of drug-likeness (QED) is 0.380. The Morgan fingerprint density at radius 1 is 1.15 bits per heavy atom. The number of halogens is 1. The molecular formula is C20H34IN5. The minimum absolute atomic E-state index is 0. The molecule has 0 radical (unpaired) electrons. The summed E-state index contributed by atoms with van der Waals surface area (Å²) >= 11 is 0. The van der Waals surface area contributed by atoms with Crippen molar-refractivity contribution in [1.29, 1.82) is 0 Å². The van der Waals surface area contributed by atoms with Gasteiger partial charge < -0.3 is 16.0 Å². The normalized spacial score (nSPS) is 21.5. The smallest absolute Gasteiger partial charge is 0.188 e. The molecule has 3 N–H and O–H groups in total. The lowest BCUT2D eigenvalue weighted by atomic mass is 10.1. The van der Waals surface area contributed by atoms with Gasteiger partial charge >= 0.3 is 0 Å². The van der Waals surface area contributed by atoms with E-state index in [0.29, 0.717) is 18.5 Å². The van der Waals surface area contributed by atoms with Crippen molar-refractivity contribution in [2.24, 2.45) is 10.7 Å². The molecule has 1 aromatic carbocycles. The predicted molar refractivity (Wildman–Crippen MR) is 122 cm³/mol. The number of aliphatic imine (C=N–C) groups is 1. The van der Waals surface area contributed by atoms with E-state index in [1.807, 2.05) is 0 Å². The molecule has 0 aromatic heterocycles. The Balaban J connectivity index is 0.00000243. The van der Waals surface area contributed by atoms with Crippen molar-refractivity contribution in [3.05, 3.63) is 29.8 Å². The molecule has 1 unspecified atom stereocenters. The first-order valence-corrected chi connectivity index (χ1v) is 9.88. The van der Waals surface area contributed by atoms with E-state index in [2.05, 4.69) is 51.3 Å². The van der Waals surface area contributed by atoms with E-state index in [9.17, 15) is 0 Å². The Morgan fingerprint density at radius 2 is 1.92 bits per heavy atom. The maximum atomic E-state index is 6.12. The summed E-state index contributed by atoms with van der Waals surface area (Å²) in [5, 5.41) is 3.33. The number of rotatable bonds is 6. The topological polar surface area (TPSA) is 56.9 Å². The van der Waals surface area contributed by atoms with Crippen LogP contribution in [0.25, 0.3) is 0 Å². The summed E-state index contributed by atoms with van der Waals surface area (Å²) in [5.41, 5.74) is 8.72. The van der Waals surface area contributed by atoms with Crippen LogP contribution in [0.4, 0.5) is 5.69 Å². The van der Waals surface area contributed by atoms with Gasteiger partial charge in [-0.1, -0.05) is 25.1 Å². The number of guanidine groups is 1. The van der Waals surface area contributed by atoms with Crippen LogP contribution < -0.4 is 16.0 Å². The number of nitrogens with two attached hydrogens (primary N) is 1. The van der Waals surface area contributed by atoms with Crippen LogP contribution in [0.15, 0.2) is 29.3 Å². The van der Waals surface area contributed by atoms with E-state index in [1.165, 1.54) is 49.9 Å². The first-order valence-electron chi connectivity index (χ1n) is 9.88. The monoisotopic (exact) mass is 471 g/mol. The lowest BCUT2D eigenvalue weighted by molar-refractivity contribution is 0.267. The molecule has 0 saturated carbocycles. The van der Waals surface area contributed by atoms with Crippen molar-refractivity contribution in [3.63, 3.8) is 0 Å². The van der Waals surface area contributed by atoms with Crippen molar-refractivity contribution in [3.8, 4) is 0 Å². The fourth-order valence-electron chi connectivity index (χ4n) is 4.08. The third-order valence-corrected chi connectivity index (χ3v) is 5.53. The van der Waals surface area contributed by atoms with Crippen LogP contribution in [0, 0.1) is 0 Å². The van der Waals surface area contributed by atoms with Gasteiger partial charge in [0, 0.05) is 31.4 Å². The number of piperidine rings is 1. The van der Waals surface area contributed by atoms with Crippen molar-refractivity contribution in [2.75, 3.05) is 37.6 Å². The summed E-state index contributed by atoms with van der Waals surface area (Å²) in [6, 6.07) is 9.21. The van der Waals surface area contributed by atoms with Gasteiger partial charge in [0.1, 0.15) is 0 Å². The molecule has 0 amide bonds. The van der Waals surface area contributed by atoms with E-state index < -0.39 is 0 Å². The average Bonchev–Trinajstić information content (AvgIpc) is 3.13. The second-order valence-electron chi connectivity index (χ2n) is 7.18. The number of anilines is 1. The largest absolute Gasteiger partial charge is 0.371 e. The number of likely N-dealkylation sites (N-methyl/N-ethyl adjacent to an activating group) is 1. The number of hydrogen-bond acceptors (Lipinski definition) is 3. The third-order valence-electron chi connectivity index (χ3n) is 5.53. The van der Waals surface area contributed by atoms with E-state index in [4.69, 9.17) is 5.73 Å². The highest BCUT2D eigenvalue weighted by Gasteiger charge is 2.22. The Labute approximate surface area is 175 Å². The van der Waals surface area contributed by atoms with E-state index >= 15 is 0 Å². The summed E-state index contributed by atoms with van der Waals surface area (Å²) in [5.74, 6) is 0.566. The van der Waals surface area contributed by atoms with Crippen LogP contribution in [-0.2, 0) is 6.54 Å². The maximum Gasteiger partial charge on any atom is 0.188 e. The number of hydrogen-bond donors (Lipinski definition) is 2. The summed E-state index contributed by atoms with van der Waals surface area (Å²) in [6.07, 6.45) is 6.48. The molecule has 2 aliphatic rings. The maximum absolute atomic E-state index is 6.12. The van der Waals surface area contributed by atoms with Crippen LogP contribution in [0.2, 0.25) is 0 Å². The zero-order chi connectivity index (χ0) is 17.5. The molecule has 3 rings (SSSR count). The fourth-order valence-corrected chi connectivity index (χ4v) is 4.08. The third kappa shape index (κ3) is 5.74. The predicted octanol–water partition coefficient (Wildman–Crippen LogP) is 3.18. The average molecular weight is 471 g/mol. The molecule has 26 heavy (non-hydrogen) atoms. The Hall–Kier alpha value is -1.02. The fraction of sp³-hybridized carbons (Fsp3) is 0.650. The number of benzene rings is 1. The first-order chi connectivity index (χ1) is 12.3. The van der Waals surface area contributed by atoms with Crippen molar-refractivity contribution < 1.29 is 0 Å². The van der Waals surface area contributed by atoms with Gasteiger partial charge in [0.05, 0.1) is 6.54 Å². The van der Waals surface area contributed by atoms with Gasteiger partial charge in [-0.25, -0.2) is 4.99 Å². The van der Waals surface area contributed by atoms with Crippen LogP contribution in [-0.4, -0.2) is 49.6 Å². The van der Waals surface area contributed by atoms with Gasteiger partial charge in [0.2, 0.25) is 0 Å². The molecule has 2 heterocycles. The van der Waals surface area contributed by atoms with Crippen LogP contribution in [0.5, 0.6) is 0 Å². The minimum atomic E-state index is 0. The summed E-state index contributed by atoms with van der Waals surface area (Å²) in [7, 11) is 0. The van der Waals surface area contributed by atoms with Gasteiger partial charge in [-0.15, -0.1) is 24.0 Å².